The molecule has 174 valence electrons. The lowest BCUT2D eigenvalue weighted by molar-refractivity contribution is -0.141. The topological polar surface area (TPSA) is 87.7 Å². The maximum absolute atomic E-state index is 13.4. The molecule has 0 bridgehead atoms. The lowest BCUT2D eigenvalue weighted by atomic mass is 10.0. The van der Waals surface area contributed by atoms with Gasteiger partial charge in [0, 0.05) is 23.9 Å². The summed E-state index contributed by atoms with van der Waals surface area (Å²) >= 11 is 4.23. The highest BCUT2D eigenvalue weighted by Gasteiger charge is 2.35. The second-order valence-corrected chi connectivity index (χ2v) is 8.86. The molecular weight excluding hydrogens is 426 g/mol. The number of amides is 3. The van der Waals surface area contributed by atoms with Gasteiger partial charge in [0.1, 0.15) is 17.7 Å². The first-order chi connectivity index (χ1) is 14.9. The fourth-order valence-corrected chi connectivity index (χ4v) is 3.14. The molecule has 2 N–H and O–H groups in total. The number of hydrogen-bond donors (Lipinski definition) is 3. The van der Waals surface area contributed by atoms with Crippen LogP contribution in [0.25, 0.3) is 0 Å². The van der Waals surface area contributed by atoms with E-state index in [0.717, 1.165) is 0 Å². The predicted molar refractivity (Wildman–Crippen MR) is 129 cm³/mol. The Bertz CT molecular complexity index is 853. The predicted octanol–water partition coefficient (Wildman–Crippen LogP) is 3.07. The van der Waals surface area contributed by atoms with Crippen molar-refractivity contribution in [1.29, 1.82) is 0 Å². The number of hydrogen-bond acceptors (Lipinski definition) is 5. The minimum absolute atomic E-state index is 0.0142. The smallest absolute Gasteiger partial charge is 0.408 e. The van der Waals surface area contributed by atoms with Crippen LogP contribution in [0.3, 0.4) is 0 Å². The summed E-state index contributed by atoms with van der Waals surface area (Å²) in [6.07, 6.45) is 6.21. The van der Waals surface area contributed by atoms with Gasteiger partial charge in [-0.25, -0.2) is 4.79 Å². The van der Waals surface area contributed by atoms with Crippen LogP contribution in [0.5, 0.6) is 0 Å². The highest BCUT2D eigenvalue weighted by atomic mass is 32.1. The van der Waals surface area contributed by atoms with Gasteiger partial charge < -0.3 is 20.3 Å². The standard InChI is InChI=1S/C24H33N3O4S/c1-8-14-27(22(29)19(15-32)26-23(30)31-24(5,6)7)20(21(28)25-16(3)4)18-12-10-17(9-2)11-13-18/h2,8,10-13,16,19-20,32H,1,14-15H2,3-7H3,(H,25,28)(H,26,30). The van der Waals surface area contributed by atoms with Crippen LogP contribution in [-0.4, -0.2) is 52.8 Å². The van der Waals surface area contributed by atoms with Gasteiger partial charge >= 0.3 is 6.09 Å². The van der Waals surface area contributed by atoms with Gasteiger partial charge in [0.15, 0.2) is 0 Å². The van der Waals surface area contributed by atoms with E-state index in [9.17, 15) is 14.4 Å². The van der Waals surface area contributed by atoms with E-state index in [1.54, 1.807) is 45.0 Å². The molecule has 7 nitrogen and oxygen atoms in total. The number of ether oxygens (including phenoxy) is 1. The maximum Gasteiger partial charge on any atom is 0.408 e. The number of carbonyl (C=O) groups is 3. The molecule has 0 aliphatic heterocycles. The number of rotatable bonds is 9. The van der Waals surface area contributed by atoms with E-state index in [1.807, 2.05) is 13.8 Å². The minimum Gasteiger partial charge on any atom is -0.444 e. The molecular formula is C24H33N3O4S. The molecule has 1 aromatic carbocycles. The zero-order valence-electron chi connectivity index (χ0n) is 19.3. The van der Waals surface area contributed by atoms with E-state index in [4.69, 9.17) is 11.2 Å². The van der Waals surface area contributed by atoms with Gasteiger partial charge in [0.05, 0.1) is 0 Å². The number of nitrogens with zero attached hydrogens (tertiary/aromatic N) is 1. The molecule has 0 aliphatic carbocycles. The third kappa shape index (κ3) is 8.31. The fourth-order valence-electron chi connectivity index (χ4n) is 2.90. The molecule has 0 saturated heterocycles. The first-order valence-corrected chi connectivity index (χ1v) is 11.0. The van der Waals surface area contributed by atoms with Crippen LogP contribution in [0.4, 0.5) is 4.79 Å². The molecule has 0 heterocycles. The summed E-state index contributed by atoms with van der Waals surface area (Å²) in [5.41, 5.74) is 0.499. The molecule has 0 radical (unpaired) electrons. The second-order valence-electron chi connectivity index (χ2n) is 8.49. The van der Waals surface area contributed by atoms with Crippen molar-refractivity contribution < 1.29 is 19.1 Å². The molecule has 8 heteroatoms. The van der Waals surface area contributed by atoms with Crippen LogP contribution in [0.1, 0.15) is 51.8 Å². The maximum atomic E-state index is 13.4. The van der Waals surface area contributed by atoms with Crippen molar-refractivity contribution in [2.45, 2.75) is 58.3 Å². The zero-order valence-corrected chi connectivity index (χ0v) is 20.2. The molecule has 2 unspecified atom stereocenters. The summed E-state index contributed by atoms with van der Waals surface area (Å²) in [5, 5.41) is 5.40. The van der Waals surface area contributed by atoms with E-state index < -0.39 is 29.7 Å². The summed E-state index contributed by atoms with van der Waals surface area (Å²) in [5.74, 6) is 1.69. The largest absolute Gasteiger partial charge is 0.444 e. The summed E-state index contributed by atoms with van der Waals surface area (Å²) in [7, 11) is 0. The van der Waals surface area contributed by atoms with Crippen LogP contribution in [0.15, 0.2) is 36.9 Å². The van der Waals surface area contributed by atoms with Crippen molar-refractivity contribution in [2.75, 3.05) is 12.3 Å². The molecule has 0 fully saturated rings. The fraction of sp³-hybridized carbons (Fsp3) is 0.458. The Hall–Kier alpha value is -2.92. The van der Waals surface area contributed by atoms with Crippen LogP contribution in [0.2, 0.25) is 0 Å². The van der Waals surface area contributed by atoms with Crippen molar-refractivity contribution in [3.05, 3.63) is 48.0 Å². The first-order valence-electron chi connectivity index (χ1n) is 10.3. The quantitative estimate of drug-likeness (QED) is 0.301. The number of thiol groups is 1. The summed E-state index contributed by atoms with van der Waals surface area (Å²) in [4.78, 5) is 40.2. The van der Waals surface area contributed by atoms with Gasteiger partial charge in [-0.1, -0.05) is 24.1 Å². The van der Waals surface area contributed by atoms with Crippen molar-refractivity contribution in [3.8, 4) is 12.3 Å². The number of nitrogens with one attached hydrogen (secondary N) is 2. The van der Waals surface area contributed by atoms with Gasteiger partial charge in [-0.2, -0.15) is 12.6 Å². The lowest BCUT2D eigenvalue weighted by Gasteiger charge is -2.34. The summed E-state index contributed by atoms with van der Waals surface area (Å²) in [6, 6.07) is 4.72. The first kappa shape index (κ1) is 27.1. The number of alkyl carbamates (subject to hydrolysis) is 1. The number of carbonyl (C=O) groups excluding carboxylic acids is 3. The Labute approximate surface area is 196 Å². The van der Waals surface area contributed by atoms with Gasteiger partial charge in [0.25, 0.3) is 0 Å². The highest BCUT2D eigenvalue weighted by Crippen LogP contribution is 2.23. The normalized spacial score (nSPS) is 12.8. The van der Waals surface area contributed by atoms with E-state index in [-0.39, 0.29) is 24.2 Å². The van der Waals surface area contributed by atoms with Crippen LogP contribution >= 0.6 is 12.6 Å². The van der Waals surface area contributed by atoms with Gasteiger partial charge in [0.2, 0.25) is 11.8 Å². The Balaban J connectivity index is 3.33. The highest BCUT2D eigenvalue weighted by molar-refractivity contribution is 7.80. The van der Waals surface area contributed by atoms with E-state index in [2.05, 4.69) is 35.8 Å². The number of benzene rings is 1. The van der Waals surface area contributed by atoms with Crippen LogP contribution in [0, 0.1) is 12.3 Å². The van der Waals surface area contributed by atoms with Crippen LogP contribution < -0.4 is 10.6 Å². The monoisotopic (exact) mass is 459 g/mol. The van der Waals surface area contributed by atoms with E-state index in [0.29, 0.717) is 11.1 Å². The van der Waals surface area contributed by atoms with Crippen LogP contribution in [-0.2, 0) is 14.3 Å². The van der Waals surface area contributed by atoms with Crippen molar-refractivity contribution in [2.24, 2.45) is 0 Å². The Morgan fingerprint density at radius 3 is 2.25 bits per heavy atom. The molecule has 1 rings (SSSR count). The third-order valence-corrected chi connectivity index (χ3v) is 4.53. The Morgan fingerprint density at radius 1 is 1.22 bits per heavy atom. The number of terminal acetylenes is 1. The molecule has 0 aromatic heterocycles. The van der Waals surface area contributed by atoms with Gasteiger partial charge in [-0.15, -0.1) is 13.0 Å². The van der Waals surface area contributed by atoms with Crippen molar-refractivity contribution in [1.82, 2.24) is 15.5 Å². The molecule has 0 saturated carbocycles. The molecule has 0 aliphatic rings. The molecule has 0 spiro atoms. The van der Waals surface area contributed by atoms with Crippen molar-refractivity contribution in [3.63, 3.8) is 0 Å². The summed E-state index contributed by atoms with van der Waals surface area (Å²) < 4.78 is 5.26. The lowest BCUT2D eigenvalue weighted by Crippen LogP contribution is -2.54. The molecule has 1 aromatic rings. The SMILES string of the molecule is C#Cc1ccc(C(C(=O)NC(C)C)N(CC=C)C(=O)C(CS)NC(=O)OC(C)(C)C)cc1. The van der Waals surface area contributed by atoms with Gasteiger partial charge in [-0.3, -0.25) is 9.59 Å². The Morgan fingerprint density at radius 2 is 1.81 bits per heavy atom. The second kappa shape index (κ2) is 12.2. The molecule has 3 amide bonds. The van der Waals surface area contributed by atoms with E-state index in [1.165, 1.54) is 11.0 Å². The third-order valence-electron chi connectivity index (χ3n) is 4.16. The summed E-state index contributed by atoms with van der Waals surface area (Å²) in [6.45, 7) is 12.6. The molecule has 2 atom stereocenters. The zero-order chi connectivity index (χ0) is 24.5. The Kier molecular flexibility index (Phi) is 10.3. The molecule has 32 heavy (non-hydrogen) atoms. The van der Waals surface area contributed by atoms with Crippen molar-refractivity contribution >= 4 is 30.5 Å². The van der Waals surface area contributed by atoms with Gasteiger partial charge in [-0.05, 0) is 52.3 Å². The average Bonchev–Trinajstić information content (AvgIpc) is 2.69. The average molecular weight is 460 g/mol. The van der Waals surface area contributed by atoms with E-state index >= 15 is 0 Å². The minimum atomic E-state index is -1.01.